The predicted molar refractivity (Wildman–Crippen MR) is 76.7 cm³/mol. The van der Waals surface area contributed by atoms with Gasteiger partial charge in [-0.3, -0.25) is 9.36 Å². The van der Waals surface area contributed by atoms with Crippen LogP contribution in [0, 0.1) is 0 Å². The Morgan fingerprint density at radius 1 is 1.37 bits per heavy atom. The fourth-order valence-corrected chi connectivity index (χ4v) is 3.10. The number of rotatable bonds is 5. The van der Waals surface area contributed by atoms with Gasteiger partial charge in [0.15, 0.2) is 5.16 Å². The summed E-state index contributed by atoms with van der Waals surface area (Å²) in [7, 11) is 0. The summed E-state index contributed by atoms with van der Waals surface area (Å²) in [6.07, 6.45) is 2.85. The summed E-state index contributed by atoms with van der Waals surface area (Å²) in [6.45, 7) is 0.175. The zero-order valence-corrected chi connectivity index (χ0v) is 11.4. The van der Waals surface area contributed by atoms with Crippen LogP contribution < -0.4 is 5.56 Å². The molecule has 1 aliphatic rings. The first kappa shape index (κ1) is 12.7. The Labute approximate surface area is 115 Å². The molecule has 1 aliphatic carbocycles. The third-order valence-electron chi connectivity index (χ3n) is 3.22. The summed E-state index contributed by atoms with van der Waals surface area (Å²) < 4.78 is 1.84. The largest absolute Gasteiger partial charge is 0.396 e. The molecule has 100 valence electrons. The summed E-state index contributed by atoms with van der Waals surface area (Å²) in [5, 5.41) is 10.3. The van der Waals surface area contributed by atoms with Crippen LogP contribution in [0.5, 0.6) is 0 Å². The van der Waals surface area contributed by atoms with Crippen molar-refractivity contribution in [1.29, 1.82) is 0 Å². The second-order valence-electron chi connectivity index (χ2n) is 4.74. The second kappa shape index (κ2) is 5.35. The lowest BCUT2D eigenvalue weighted by Gasteiger charge is -2.11. The van der Waals surface area contributed by atoms with Crippen LogP contribution in [0.1, 0.15) is 25.3 Å². The normalized spacial score (nSPS) is 15.0. The van der Waals surface area contributed by atoms with Crippen LogP contribution in [0.2, 0.25) is 0 Å². The molecule has 0 amide bonds. The van der Waals surface area contributed by atoms with Crippen molar-refractivity contribution in [1.82, 2.24) is 9.55 Å². The van der Waals surface area contributed by atoms with Gasteiger partial charge in [-0.25, -0.2) is 4.98 Å². The van der Waals surface area contributed by atoms with Crippen molar-refractivity contribution in [3.8, 4) is 0 Å². The molecule has 0 atom stereocenters. The van der Waals surface area contributed by atoms with E-state index in [9.17, 15) is 4.79 Å². The van der Waals surface area contributed by atoms with Gasteiger partial charge in [-0.1, -0.05) is 23.9 Å². The van der Waals surface area contributed by atoms with E-state index in [1.807, 2.05) is 28.8 Å². The van der Waals surface area contributed by atoms with Crippen LogP contribution in [-0.2, 0) is 0 Å². The summed E-state index contributed by atoms with van der Waals surface area (Å²) in [5.41, 5.74) is 0.829. The Balaban J connectivity index is 2.07. The molecule has 0 spiro atoms. The van der Waals surface area contributed by atoms with E-state index in [0.29, 0.717) is 11.4 Å². The number of aliphatic hydroxyl groups is 1. The quantitative estimate of drug-likeness (QED) is 0.517. The Kier molecular flexibility index (Phi) is 3.57. The number of hydrogen-bond acceptors (Lipinski definition) is 4. The lowest BCUT2D eigenvalue weighted by atomic mass is 10.2. The molecule has 1 fully saturated rings. The summed E-state index contributed by atoms with van der Waals surface area (Å²) in [4.78, 5) is 17.1. The molecule has 5 heteroatoms. The number of aliphatic hydroxyl groups excluding tert-OH is 1. The highest BCUT2D eigenvalue weighted by Gasteiger charge is 2.28. The number of para-hydroxylation sites is 1. The zero-order chi connectivity index (χ0) is 13.2. The number of aromatic nitrogens is 2. The van der Waals surface area contributed by atoms with Gasteiger partial charge in [-0.05, 0) is 31.4 Å². The molecule has 19 heavy (non-hydrogen) atoms. The highest BCUT2D eigenvalue weighted by atomic mass is 32.2. The van der Waals surface area contributed by atoms with Gasteiger partial charge in [-0.15, -0.1) is 0 Å². The van der Waals surface area contributed by atoms with E-state index < -0.39 is 0 Å². The molecule has 1 N–H and O–H groups in total. The van der Waals surface area contributed by atoms with Crippen molar-refractivity contribution in [3.63, 3.8) is 0 Å². The van der Waals surface area contributed by atoms with E-state index >= 15 is 0 Å². The maximum atomic E-state index is 12.5. The van der Waals surface area contributed by atoms with Crippen molar-refractivity contribution in [2.24, 2.45) is 0 Å². The van der Waals surface area contributed by atoms with Crippen LogP contribution in [0.25, 0.3) is 10.9 Å². The smallest absolute Gasteiger partial charge is 0.262 e. The Bertz CT molecular complexity index is 649. The first-order valence-electron chi connectivity index (χ1n) is 6.56. The fraction of sp³-hybridized carbons (Fsp3) is 0.429. The molecule has 2 aromatic rings. The van der Waals surface area contributed by atoms with Crippen molar-refractivity contribution in [2.45, 2.75) is 30.5 Å². The molecule has 4 nitrogen and oxygen atoms in total. The molecule has 0 radical (unpaired) electrons. The van der Waals surface area contributed by atoms with E-state index in [2.05, 4.69) is 4.98 Å². The molecule has 0 unspecified atom stereocenters. The van der Waals surface area contributed by atoms with E-state index in [4.69, 9.17) is 5.11 Å². The topological polar surface area (TPSA) is 55.1 Å². The van der Waals surface area contributed by atoms with Gasteiger partial charge in [0.2, 0.25) is 0 Å². The van der Waals surface area contributed by atoms with Crippen LogP contribution in [0.4, 0.5) is 0 Å². The van der Waals surface area contributed by atoms with Crippen molar-refractivity contribution in [3.05, 3.63) is 34.6 Å². The van der Waals surface area contributed by atoms with Gasteiger partial charge >= 0.3 is 0 Å². The van der Waals surface area contributed by atoms with Gasteiger partial charge in [0, 0.05) is 18.4 Å². The fourth-order valence-electron chi connectivity index (χ4n) is 2.11. The van der Waals surface area contributed by atoms with Crippen molar-refractivity contribution >= 4 is 22.7 Å². The number of nitrogens with zero attached hydrogens (tertiary/aromatic N) is 2. The summed E-state index contributed by atoms with van der Waals surface area (Å²) >= 11 is 1.56. The first-order valence-corrected chi connectivity index (χ1v) is 7.55. The molecule has 1 aromatic carbocycles. The lowest BCUT2D eigenvalue weighted by molar-refractivity contribution is 0.296. The molecule has 1 heterocycles. The highest BCUT2D eigenvalue weighted by molar-refractivity contribution is 7.99. The maximum Gasteiger partial charge on any atom is 0.262 e. The average molecular weight is 276 g/mol. The Hall–Kier alpha value is -1.33. The minimum Gasteiger partial charge on any atom is -0.396 e. The van der Waals surface area contributed by atoms with E-state index in [1.165, 1.54) is 0 Å². The van der Waals surface area contributed by atoms with Gasteiger partial charge in [-0.2, -0.15) is 0 Å². The average Bonchev–Trinajstić information content (AvgIpc) is 3.24. The Morgan fingerprint density at radius 3 is 2.89 bits per heavy atom. The van der Waals surface area contributed by atoms with Gasteiger partial charge in [0.25, 0.3) is 5.56 Å². The molecule has 1 aromatic heterocycles. The number of hydrogen-bond donors (Lipinski definition) is 1. The van der Waals surface area contributed by atoms with Crippen LogP contribution in [0.3, 0.4) is 0 Å². The Morgan fingerprint density at radius 2 is 2.16 bits per heavy atom. The van der Waals surface area contributed by atoms with E-state index in [0.717, 1.165) is 35.7 Å². The monoisotopic (exact) mass is 276 g/mol. The molecule has 0 saturated heterocycles. The van der Waals surface area contributed by atoms with Gasteiger partial charge in [0.05, 0.1) is 10.9 Å². The number of thioether (sulfide) groups is 1. The highest BCUT2D eigenvalue weighted by Crippen LogP contribution is 2.36. The first-order chi connectivity index (χ1) is 9.31. The number of fused-ring (bicyclic) bond motifs is 1. The van der Waals surface area contributed by atoms with Crippen molar-refractivity contribution in [2.75, 3.05) is 12.4 Å². The predicted octanol–water partition coefficient (Wildman–Crippen LogP) is 2.21. The van der Waals surface area contributed by atoms with E-state index in [-0.39, 0.29) is 12.2 Å². The van der Waals surface area contributed by atoms with Crippen molar-refractivity contribution < 1.29 is 5.11 Å². The number of benzene rings is 1. The SMILES string of the molecule is O=c1c2ccccc2nc(SCCCO)n1C1CC1. The maximum absolute atomic E-state index is 12.5. The van der Waals surface area contributed by atoms with Crippen LogP contribution in [-0.4, -0.2) is 27.0 Å². The molecule has 3 rings (SSSR count). The van der Waals surface area contributed by atoms with Crippen LogP contribution in [0.15, 0.2) is 34.2 Å². The molecular weight excluding hydrogens is 260 g/mol. The standard InChI is InChI=1S/C14H16N2O2S/c17-8-3-9-19-14-15-12-5-2-1-4-11(12)13(18)16(14)10-6-7-10/h1-2,4-5,10,17H,3,6-9H2. The third-order valence-corrected chi connectivity index (χ3v) is 4.26. The minimum atomic E-state index is 0.0691. The van der Waals surface area contributed by atoms with Crippen LogP contribution >= 0.6 is 11.8 Å². The zero-order valence-electron chi connectivity index (χ0n) is 10.6. The third kappa shape index (κ3) is 2.53. The van der Waals surface area contributed by atoms with Gasteiger partial charge in [0.1, 0.15) is 0 Å². The lowest BCUT2D eigenvalue weighted by Crippen LogP contribution is -2.22. The molecule has 0 aliphatic heterocycles. The molecule has 0 bridgehead atoms. The molecule has 1 saturated carbocycles. The molecular formula is C14H16N2O2S. The van der Waals surface area contributed by atoms with E-state index in [1.54, 1.807) is 11.8 Å². The summed E-state index contributed by atoms with van der Waals surface area (Å²) in [5.74, 6) is 0.786. The summed E-state index contributed by atoms with van der Waals surface area (Å²) in [6, 6.07) is 7.82. The second-order valence-corrected chi connectivity index (χ2v) is 5.81. The minimum absolute atomic E-state index is 0.0691. The van der Waals surface area contributed by atoms with Gasteiger partial charge < -0.3 is 5.11 Å².